The molecule has 3 heteroatoms. The molecule has 2 nitrogen and oxygen atoms in total. The SMILES string of the molecule is Bc1ccc(CNC(C)=O)cc1. The Kier molecular flexibility index (Phi) is 2.91. The summed E-state index contributed by atoms with van der Waals surface area (Å²) in [5.74, 6) is 0.00979. The molecule has 0 fully saturated rings. The van der Waals surface area contributed by atoms with Gasteiger partial charge in [-0.1, -0.05) is 29.7 Å². The maximum absolute atomic E-state index is 10.6. The fraction of sp³-hybridized carbons (Fsp3) is 0.222. The van der Waals surface area contributed by atoms with Gasteiger partial charge in [-0.2, -0.15) is 0 Å². The predicted molar refractivity (Wildman–Crippen MR) is 52.1 cm³/mol. The molecular formula is C9H12BNO. The van der Waals surface area contributed by atoms with Crippen molar-refractivity contribution in [1.29, 1.82) is 0 Å². The number of hydrogen-bond acceptors (Lipinski definition) is 1. The second-order valence-corrected chi connectivity index (χ2v) is 2.90. The van der Waals surface area contributed by atoms with Crippen LogP contribution in [0.15, 0.2) is 24.3 Å². The summed E-state index contributed by atoms with van der Waals surface area (Å²) < 4.78 is 0. The fourth-order valence-corrected chi connectivity index (χ4v) is 0.932. The lowest BCUT2D eigenvalue weighted by Crippen LogP contribution is -2.19. The molecule has 1 aromatic rings. The van der Waals surface area contributed by atoms with Crippen LogP contribution in [-0.4, -0.2) is 13.8 Å². The van der Waals surface area contributed by atoms with E-state index in [1.165, 1.54) is 12.4 Å². The van der Waals surface area contributed by atoms with Gasteiger partial charge in [-0.15, -0.1) is 0 Å². The molecule has 0 radical (unpaired) electrons. The Bertz CT molecular complexity index is 268. The van der Waals surface area contributed by atoms with Crippen LogP contribution in [0.4, 0.5) is 0 Å². The normalized spacial score (nSPS) is 9.42. The third-order valence-corrected chi connectivity index (χ3v) is 1.66. The molecule has 0 aliphatic heterocycles. The van der Waals surface area contributed by atoms with Gasteiger partial charge in [-0.05, 0) is 5.56 Å². The van der Waals surface area contributed by atoms with E-state index in [2.05, 4.69) is 5.32 Å². The van der Waals surface area contributed by atoms with Crippen molar-refractivity contribution in [2.24, 2.45) is 0 Å². The Morgan fingerprint density at radius 3 is 2.50 bits per heavy atom. The zero-order chi connectivity index (χ0) is 8.97. The van der Waals surface area contributed by atoms with Crippen LogP contribution in [-0.2, 0) is 11.3 Å². The molecule has 0 atom stereocenters. The third-order valence-electron chi connectivity index (χ3n) is 1.66. The van der Waals surface area contributed by atoms with E-state index in [0.29, 0.717) is 6.54 Å². The molecule has 0 aliphatic carbocycles. The smallest absolute Gasteiger partial charge is 0.217 e. The summed E-state index contributed by atoms with van der Waals surface area (Å²) >= 11 is 0. The monoisotopic (exact) mass is 161 g/mol. The number of carbonyl (C=O) groups is 1. The van der Waals surface area contributed by atoms with Gasteiger partial charge in [0.1, 0.15) is 7.85 Å². The summed E-state index contributed by atoms with van der Waals surface area (Å²) in [5, 5.41) is 2.74. The Labute approximate surface area is 73.4 Å². The number of nitrogens with one attached hydrogen (secondary N) is 1. The van der Waals surface area contributed by atoms with E-state index in [4.69, 9.17) is 0 Å². The minimum absolute atomic E-state index is 0.00979. The molecule has 1 rings (SSSR count). The Hall–Kier alpha value is -1.25. The highest BCUT2D eigenvalue weighted by Crippen LogP contribution is 1.94. The Morgan fingerprint density at radius 2 is 2.00 bits per heavy atom. The number of amides is 1. The largest absolute Gasteiger partial charge is 0.352 e. The minimum Gasteiger partial charge on any atom is -0.352 e. The summed E-state index contributed by atoms with van der Waals surface area (Å²) in [5.41, 5.74) is 2.37. The van der Waals surface area contributed by atoms with Crippen LogP contribution in [0.25, 0.3) is 0 Å². The van der Waals surface area contributed by atoms with E-state index in [1.807, 2.05) is 32.1 Å². The summed E-state index contributed by atoms with van der Waals surface area (Å²) in [6, 6.07) is 8.12. The molecular weight excluding hydrogens is 149 g/mol. The first-order valence-electron chi connectivity index (χ1n) is 3.98. The van der Waals surface area contributed by atoms with Crippen molar-refractivity contribution in [1.82, 2.24) is 5.32 Å². The van der Waals surface area contributed by atoms with Crippen LogP contribution in [0.5, 0.6) is 0 Å². The lowest BCUT2D eigenvalue weighted by atomic mass is 9.95. The lowest BCUT2D eigenvalue weighted by molar-refractivity contribution is -0.119. The average Bonchev–Trinajstić information content (AvgIpc) is 2.03. The predicted octanol–water partition coefficient (Wildman–Crippen LogP) is -0.419. The van der Waals surface area contributed by atoms with Gasteiger partial charge in [0.2, 0.25) is 5.91 Å². The molecule has 0 bridgehead atoms. The van der Waals surface area contributed by atoms with Crippen LogP contribution in [0, 0.1) is 0 Å². The zero-order valence-corrected chi connectivity index (χ0v) is 7.42. The van der Waals surface area contributed by atoms with Gasteiger partial charge in [0.25, 0.3) is 0 Å². The van der Waals surface area contributed by atoms with Crippen molar-refractivity contribution in [3.63, 3.8) is 0 Å². The lowest BCUT2D eigenvalue weighted by Gasteiger charge is -2.01. The number of rotatable bonds is 2. The van der Waals surface area contributed by atoms with Gasteiger partial charge < -0.3 is 5.32 Å². The van der Waals surface area contributed by atoms with E-state index < -0.39 is 0 Å². The first-order chi connectivity index (χ1) is 5.68. The van der Waals surface area contributed by atoms with Crippen molar-refractivity contribution < 1.29 is 4.79 Å². The van der Waals surface area contributed by atoms with E-state index in [9.17, 15) is 4.79 Å². The molecule has 0 aliphatic rings. The molecule has 62 valence electrons. The van der Waals surface area contributed by atoms with E-state index in [1.54, 1.807) is 0 Å². The second kappa shape index (κ2) is 3.95. The van der Waals surface area contributed by atoms with Crippen molar-refractivity contribution in [3.8, 4) is 0 Å². The molecule has 1 N–H and O–H groups in total. The van der Waals surface area contributed by atoms with Crippen molar-refractivity contribution >= 4 is 19.2 Å². The quantitative estimate of drug-likeness (QED) is 0.586. The van der Waals surface area contributed by atoms with E-state index in [0.717, 1.165) is 5.56 Å². The molecule has 1 amide bonds. The van der Waals surface area contributed by atoms with E-state index >= 15 is 0 Å². The first-order valence-corrected chi connectivity index (χ1v) is 3.98. The summed E-state index contributed by atoms with van der Waals surface area (Å²) in [6.07, 6.45) is 0. The van der Waals surface area contributed by atoms with Gasteiger partial charge in [-0.3, -0.25) is 4.79 Å². The van der Waals surface area contributed by atoms with Crippen LogP contribution in [0.3, 0.4) is 0 Å². The molecule has 0 unspecified atom stereocenters. The van der Waals surface area contributed by atoms with E-state index in [-0.39, 0.29) is 5.91 Å². The molecule has 0 heterocycles. The Balaban J connectivity index is 2.53. The van der Waals surface area contributed by atoms with Crippen LogP contribution < -0.4 is 10.8 Å². The minimum atomic E-state index is 0.00979. The van der Waals surface area contributed by atoms with Gasteiger partial charge in [-0.25, -0.2) is 0 Å². The van der Waals surface area contributed by atoms with Gasteiger partial charge in [0.05, 0.1) is 0 Å². The highest BCUT2D eigenvalue weighted by molar-refractivity contribution is 6.32. The van der Waals surface area contributed by atoms with Gasteiger partial charge >= 0.3 is 0 Å². The Morgan fingerprint density at radius 1 is 1.42 bits per heavy atom. The molecule has 12 heavy (non-hydrogen) atoms. The number of hydrogen-bond donors (Lipinski definition) is 1. The topological polar surface area (TPSA) is 29.1 Å². The first kappa shape index (κ1) is 8.85. The number of carbonyl (C=O) groups excluding carboxylic acids is 1. The summed E-state index contributed by atoms with van der Waals surface area (Å²) in [6.45, 7) is 2.14. The highest BCUT2D eigenvalue weighted by atomic mass is 16.1. The maximum Gasteiger partial charge on any atom is 0.217 e. The van der Waals surface area contributed by atoms with Crippen molar-refractivity contribution in [2.45, 2.75) is 13.5 Å². The standard InChI is InChI=1S/C9H12BNO/c1-7(12)11-6-8-2-4-9(10)5-3-8/h2-5H,6,10H2,1H3,(H,11,12). The molecule has 0 saturated carbocycles. The fourth-order valence-electron chi connectivity index (χ4n) is 0.932. The van der Waals surface area contributed by atoms with Crippen LogP contribution >= 0.6 is 0 Å². The van der Waals surface area contributed by atoms with Crippen molar-refractivity contribution in [3.05, 3.63) is 29.8 Å². The molecule has 1 aromatic carbocycles. The maximum atomic E-state index is 10.6. The molecule has 0 saturated heterocycles. The third kappa shape index (κ3) is 2.78. The zero-order valence-electron chi connectivity index (χ0n) is 7.42. The molecule has 0 aromatic heterocycles. The second-order valence-electron chi connectivity index (χ2n) is 2.90. The van der Waals surface area contributed by atoms with Crippen molar-refractivity contribution in [2.75, 3.05) is 0 Å². The number of benzene rings is 1. The summed E-state index contributed by atoms with van der Waals surface area (Å²) in [7, 11) is 2.04. The average molecular weight is 161 g/mol. The summed E-state index contributed by atoms with van der Waals surface area (Å²) in [4.78, 5) is 10.6. The van der Waals surface area contributed by atoms with Crippen LogP contribution in [0.2, 0.25) is 0 Å². The molecule has 0 spiro atoms. The van der Waals surface area contributed by atoms with Gasteiger partial charge in [0.15, 0.2) is 0 Å². The van der Waals surface area contributed by atoms with Crippen LogP contribution in [0.1, 0.15) is 12.5 Å². The van der Waals surface area contributed by atoms with Gasteiger partial charge in [0, 0.05) is 13.5 Å². The highest BCUT2D eigenvalue weighted by Gasteiger charge is 1.92.